The second-order valence-electron chi connectivity index (χ2n) is 5.38. The Morgan fingerprint density at radius 2 is 1.33 bits per heavy atom. The van der Waals surface area contributed by atoms with Crippen molar-refractivity contribution in [2.45, 2.75) is 12.8 Å². The monoisotopic (exact) mass is 272 g/mol. The molecule has 0 fully saturated rings. The van der Waals surface area contributed by atoms with Crippen molar-refractivity contribution in [3.63, 3.8) is 0 Å². The van der Waals surface area contributed by atoms with Crippen molar-refractivity contribution in [1.29, 1.82) is 0 Å². The zero-order valence-electron chi connectivity index (χ0n) is 11.8. The van der Waals surface area contributed by atoms with Gasteiger partial charge in [0.25, 0.3) is 0 Å². The Morgan fingerprint density at radius 3 is 2.10 bits per heavy atom. The highest BCUT2D eigenvalue weighted by molar-refractivity contribution is 5.81. The molecular weight excluding hydrogens is 256 g/mol. The molecule has 4 rings (SSSR count). The first-order valence-corrected chi connectivity index (χ1v) is 7.35. The summed E-state index contributed by atoms with van der Waals surface area (Å²) in [6.07, 6.45) is 2.09. The van der Waals surface area contributed by atoms with Crippen molar-refractivity contribution in [1.82, 2.24) is 0 Å². The summed E-state index contributed by atoms with van der Waals surface area (Å²) in [6, 6.07) is 25.4. The first kappa shape index (κ1) is 12.2. The maximum absolute atomic E-state index is 5.74. The molecule has 1 aliphatic rings. The van der Waals surface area contributed by atoms with Crippen molar-refractivity contribution < 1.29 is 4.74 Å². The van der Waals surface area contributed by atoms with Gasteiger partial charge < -0.3 is 4.74 Å². The van der Waals surface area contributed by atoms with E-state index in [4.69, 9.17) is 4.74 Å². The van der Waals surface area contributed by atoms with Crippen LogP contribution in [0.15, 0.2) is 72.8 Å². The van der Waals surface area contributed by atoms with E-state index >= 15 is 0 Å². The molecule has 0 saturated carbocycles. The average molecular weight is 272 g/mol. The summed E-state index contributed by atoms with van der Waals surface area (Å²) in [6.45, 7) is 0. The van der Waals surface area contributed by atoms with Crippen molar-refractivity contribution in [2.75, 3.05) is 0 Å². The minimum absolute atomic E-state index is 1.03. The van der Waals surface area contributed by atoms with Gasteiger partial charge in [0.05, 0.1) is 0 Å². The lowest BCUT2D eigenvalue weighted by molar-refractivity contribution is 0.644. The lowest BCUT2D eigenvalue weighted by atomic mass is 10.0. The highest BCUT2D eigenvalue weighted by Gasteiger charge is 2.28. The van der Waals surface area contributed by atoms with E-state index < -0.39 is 0 Å². The summed E-state index contributed by atoms with van der Waals surface area (Å²) < 4.78 is 5.74. The molecule has 0 aromatic heterocycles. The molecule has 0 aliphatic carbocycles. The van der Waals surface area contributed by atoms with Crippen molar-refractivity contribution >= 4 is 0 Å². The van der Waals surface area contributed by atoms with Gasteiger partial charge in [-0.25, -0.2) is 0 Å². The van der Waals surface area contributed by atoms with Gasteiger partial charge in [0.15, 0.2) is 11.5 Å². The van der Waals surface area contributed by atoms with Crippen LogP contribution in [0.2, 0.25) is 0 Å². The van der Waals surface area contributed by atoms with Crippen LogP contribution >= 0.6 is 0 Å². The molecule has 1 aliphatic heterocycles. The second kappa shape index (κ2) is 5.10. The van der Waals surface area contributed by atoms with Crippen LogP contribution < -0.4 is 4.74 Å². The van der Waals surface area contributed by atoms with E-state index in [0.717, 1.165) is 24.3 Å². The summed E-state index contributed by atoms with van der Waals surface area (Å²) in [4.78, 5) is 0. The van der Waals surface area contributed by atoms with Crippen LogP contribution in [0.5, 0.6) is 11.5 Å². The number of rotatable bonds is 4. The third-order valence-electron chi connectivity index (χ3n) is 3.97. The molecule has 0 atom stereocenters. The van der Waals surface area contributed by atoms with E-state index in [1.807, 2.05) is 6.07 Å². The molecule has 3 aromatic rings. The lowest BCUT2D eigenvalue weighted by Crippen LogP contribution is -1.89. The predicted octanol–water partition coefficient (Wildman–Crippen LogP) is 5.24. The molecule has 0 N–H and O–H groups in total. The lowest BCUT2D eigenvalue weighted by Gasteiger charge is -2.01. The van der Waals surface area contributed by atoms with E-state index in [0.29, 0.717) is 0 Å². The Kier molecular flexibility index (Phi) is 2.97. The van der Waals surface area contributed by atoms with E-state index in [2.05, 4.69) is 66.7 Å². The molecule has 0 unspecified atom stereocenters. The summed E-state index contributed by atoms with van der Waals surface area (Å²) in [5.74, 6) is 2.15. The van der Waals surface area contributed by atoms with Crippen LogP contribution in [0.3, 0.4) is 0 Å². The third-order valence-corrected chi connectivity index (χ3v) is 3.97. The van der Waals surface area contributed by atoms with Crippen LogP contribution in [0.1, 0.15) is 11.1 Å². The smallest absolute Gasteiger partial charge is 0.178 e. The number of fused-ring (bicyclic) bond motifs is 1. The zero-order chi connectivity index (χ0) is 14.1. The first-order valence-electron chi connectivity index (χ1n) is 7.35. The third kappa shape index (κ3) is 2.43. The molecule has 0 amide bonds. The SMILES string of the molecule is c1ccc(CCc2ccc(-c3ccccc3)c3c2O3)cc1. The predicted molar refractivity (Wildman–Crippen MR) is 85.8 cm³/mol. The highest BCUT2D eigenvalue weighted by atomic mass is 16.6. The maximum atomic E-state index is 5.74. The number of hydrogen-bond acceptors (Lipinski definition) is 1. The Hall–Kier alpha value is -2.54. The van der Waals surface area contributed by atoms with Gasteiger partial charge in [-0.05, 0) is 29.5 Å². The van der Waals surface area contributed by atoms with Crippen LogP contribution in [-0.2, 0) is 12.8 Å². The molecule has 0 saturated heterocycles. The summed E-state index contributed by atoms with van der Waals surface area (Å²) in [5, 5.41) is 0. The molecule has 1 heterocycles. The molecule has 0 radical (unpaired) electrons. The van der Waals surface area contributed by atoms with Crippen molar-refractivity contribution in [3.05, 3.63) is 83.9 Å². The largest absolute Gasteiger partial charge is 0.449 e. The Morgan fingerprint density at radius 1 is 0.619 bits per heavy atom. The Balaban J connectivity index is 1.55. The van der Waals surface area contributed by atoms with Crippen molar-refractivity contribution in [3.8, 4) is 22.6 Å². The molecule has 1 heteroatoms. The van der Waals surface area contributed by atoms with E-state index in [-0.39, 0.29) is 0 Å². The highest BCUT2D eigenvalue weighted by Crippen LogP contribution is 2.54. The molecule has 21 heavy (non-hydrogen) atoms. The Bertz CT molecular complexity index is 761. The van der Waals surface area contributed by atoms with E-state index in [1.165, 1.54) is 22.3 Å². The van der Waals surface area contributed by atoms with Gasteiger partial charge in [0.1, 0.15) is 0 Å². The van der Waals surface area contributed by atoms with Gasteiger partial charge >= 0.3 is 0 Å². The minimum Gasteiger partial charge on any atom is -0.449 e. The molecule has 3 aromatic carbocycles. The second-order valence-corrected chi connectivity index (χ2v) is 5.38. The summed E-state index contributed by atoms with van der Waals surface area (Å²) in [7, 11) is 0. The number of benzene rings is 3. The normalized spacial score (nSPS) is 11.6. The van der Waals surface area contributed by atoms with E-state index in [1.54, 1.807) is 0 Å². The average Bonchev–Trinajstić information content (AvgIpc) is 3.35. The van der Waals surface area contributed by atoms with Gasteiger partial charge in [-0.3, -0.25) is 0 Å². The first-order chi connectivity index (χ1) is 10.4. The van der Waals surface area contributed by atoms with Gasteiger partial charge in [0, 0.05) is 5.56 Å². The van der Waals surface area contributed by atoms with Crippen LogP contribution in [0.4, 0.5) is 0 Å². The summed E-state index contributed by atoms with van der Waals surface area (Å²) in [5.41, 5.74) is 5.11. The Labute approximate surface area is 124 Å². The molecule has 102 valence electrons. The fraction of sp³-hybridized carbons (Fsp3) is 0.100. The number of hydrogen-bond donors (Lipinski definition) is 0. The van der Waals surface area contributed by atoms with Gasteiger partial charge in [-0.1, -0.05) is 72.8 Å². The topological polar surface area (TPSA) is 12.5 Å². The number of ether oxygens (including phenoxy) is 1. The number of aryl methyl sites for hydroxylation is 2. The quantitative estimate of drug-likeness (QED) is 0.462. The summed E-state index contributed by atoms with van der Waals surface area (Å²) >= 11 is 0. The molecule has 0 spiro atoms. The fourth-order valence-electron chi connectivity index (χ4n) is 2.77. The minimum atomic E-state index is 1.03. The van der Waals surface area contributed by atoms with E-state index in [9.17, 15) is 0 Å². The van der Waals surface area contributed by atoms with Crippen LogP contribution in [-0.4, -0.2) is 0 Å². The van der Waals surface area contributed by atoms with Gasteiger partial charge in [-0.2, -0.15) is 0 Å². The fourth-order valence-corrected chi connectivity index (χ4v) is 2.77. The molecule has 1 nitrogen and oxygen atoms in total. The zero-order valence-corrected chi connectivity index (χ0v) is 11.8. The standard InChI is InChI=1S/C20H16O/c1-3-7-15(8-4-1)11-12-17-13-14-18(20-19(17)21-20)16-9-5-2-6-10-16/h1-10,13-14H,11-12H2. The molecular formula is C20H16O. The van der Waals surface area contributed by atoms with Gasteiger partial charge in [0.2, 0.25) is 0 Å². The maximum Gasteiger partial charge on any atom is 0.178 e. The van der Waals surface area contributed by atoms with Crippen LogP contribution in [0.25, 0.3) is 11.1 Å². The van der Waals surface area contributed by atoms with Crippen LogP contribution in [0, 0.1) is 0 Å². The van der Waals surface area contributed by atoms with Crippen molar-refractivity contribution in [2.24, 2.45) is 0 Å². The van der Waals surface area contributed by atoms with Gasteiger partial charge in [-0.15, -0.1) is 0 Å². The molecule has 0 bridgehead atoms.